The van der Waals surface area contributed by atoms with Gasteiger partial charge >= 0.3 is 5.97 Å². The average Bonchev–Trinajstić information content (AvgIpc) is 3.24. The number of carbonyl (C=O) groups excluding carboxylic acids is 1. The molecule has 1 spiro atoms. The highest BCUT2D eigenvalue weighted by Crippen LogP contribution is 2.55. The summed E-state index contributed by atoms with van der Waals surface area (Å²) < 4.78 is 6.13. The highest BCUT2D eigenvalue weighted by molar-refractivity contribution is 5.91. The van der Waals surface area contributed by atoms with Crippen LogP contribution < -0.4 is 0 Å². The molecule has 5 heteroatoms. The molecule has 0 saturated carbocycles. The van der Waals surface area contributed by atoms with Gasteiger partial charge < -0.3 is 14.7 Å². The Morgan fingerprint density at radius 3 is 2.73 bits per heavy atom. The van der Waals surface area contributed by atoms with Crippen molar-refractivity contribution in [1.82, 2.24) is 4.90 Å². The van der Waals surface area contributed by atoms with Gasteiger partial charge in [-0.15, -0.1) is 6.58 Å². The van der Waals surface area contributed by atoms with Crippen LogP contribution in [0.25, 0.3) is 0 Å². The first-order valence-corrected chi connectivity index (χ1v) is 9.03. The van der Waals surface area contributed by atoms with Crippen LogP contribution in [0.3, 0.4) is 0 Å². The molecule has 3 aliphatic rings. The molecule has 5 atom stereocenters. The van der Waals surface area contributed by atoms with Crippen molar-refractivity contribution in [2.75, 3.05) is 6.54 Å². The number of amides is 1. The fourth-order valence-electron chi connectivity index (χ4n) is 4.76. The predicted molar refractivity (Wildman–Crippen MR) is 96.4 cm³/mol. The van der Waals surface area contributed by atoms with E-state index < -0.39 is 29.5 Å². The monoisotopic (exact) mass is 353 g/mol. The summed E-state index contributed by atoms with van der Waals surface area (Å²) in [6.45, 7) is 6.49. The van der Waals surface area contributed by atoms with E-state index in [1.165, 1.54) is 0 Å². The molecule has 2 saturated heterocycles. The van der Waals surface area contributed by atoms with Crippen molar-refractivity contribution in [1.29, 1.82) is 0 Å². The van der Waals surface area contributed by atoms with Gasteiger partial charge in [0.1, 0.15) is 11.5 Å². The van der Waals surface area contributed by atoms with Crippen molar-refractivity contribution < 1.29 is 19.4 Å². The second-order valence-corrected chi connectivity index (χ2v) is 7.58. The smallest absolute Gasteiger partial charge is 0.310 e. The van der Waals surface area contributed by atoms with Crippen LogP contribution >= 0.6 is 0 Å². The average molecular weight is 353 g/mol. The number of likely N-dealkylation sites (tertiary alicyclic amines) is 1. The van der Waals surface area contributed by atoms with E-state index >= 15 is 0 Å². The standard InChI is InChI=1S/C21H23NO4/c1-13(2)12-16-21-10-8-15(26-21)17(20(24)25)18(21)19(23)22(16)11-9-14-6-4-3-5-7-14/h3-8,10,15-18H,1,9,11-12H2,2H3,(H,24,25). The number of fused-ring (bicyclic) bond motifs is 1. The van der Waals surface area contributed by atoms with Crippen molar-refractivity contribution in [3.05, 3.63) is 60.2 Å². The fourth-order valence-corrected chi connectivity index (χ4v) is 4.76. The summed E-state index contributed by atoms with van der Waals surface area (Å²) >= 11 is 0. The van der Waals surface area contributed by atoms with E-state index in [0.717, 1.165) is 17.6 Å². The number of carboxylic acids is 1. The Morgan fingerprint density at radius 2 is 2.08 bits per heavy atom. The molecule has 1 aromatic rings. The quantitative estimate of drug-likeness (QED) is 0.798. The summed E-state index contributed by atoms with van der Waals surface area (Å²) in [5.41, 5.74) is 1.28. The lowest BCUT2D eigenvalue weighted by molar-refractivity contribution is -0.148. The van der Waals surface area contributed by atoms with Gasteiger partial charge in [0.05, 0.1) is 18.1 Å². The van der Waals surface area contributed by atoms with Gasteiger partial charge in [-0.3, -0.25) is 9.59 Å². The molecule has 5 unspecified atom stereocenters. The Labute approximate surface area is 152 Å². The van der Waals surface area contributed by atoms with E-state index in [1.807, 2.05) is 54.3 Å². The summed E-state index contributed by atoms with van der Waals surface area (Å²) in [7, 11) is 0. The van der Waals surface area contributed by atoms with Gasteiger partial charge in [0, 0.05) is 6.54 Å². The Kier molecular flexibility index (Phi) is 3.99. The normalized spacial score (nSPS) is 34.3. The zero-order valence-corrected chi connectivity index (χ0v) is 14.8. The van der Waals surface area contributed by atoms with Crippen LogP contribution in [-0.2, 0) is 20.7 Å². The molecule has 0 aliphatic carbocycles. The molecule has 2 fully saturated rings. The summed E-state index contributed by atoms with van der Waals surface area (Å²) in [5, 5.41) is 9.66. The van der Waals surface area contributed by atoms with E-state index in [4.69, 9.17) is 4.74 Å². The fraction of sp³-hybridized carbons (Fsp3) is 0.429. The number of nitrogens with zero attached hydrogens (tertiary/aromatic N) is 1. The molecular formula is C21H23NO4. The number of hydrogen-bond acceptors (Lipinski definition) is 3. The summed E-state index contributed by atoms with van der Waals surface area (Å²) in [6, 6.07) is 9.80. The lowest BCUT2D eigenvalue weighted by atomic mass is 9.74. The molecule has 1 aromatic carbocycles. The Hall–Kier alpha value is -2.40. The lowest BCUT2D eigenvalue weighted by Crippen LogP contribution is -2.45. The lowest BCUT2D eigenvalue weighted by Gasteiger charge is -2.33. The third-order valence-electron chi connectivity index (χ3n) is 5.84. The van der Waals surface area contributed by atoms with Gasteiger partial charge in [-0.2, -0.15) is 0 Å². The third-order valence-corrected chi connectivity index (χ3v) is 5.84. The van der Waals surface area contributed by atoms with Crippen LogP contribution in [0.4, 0.5) is 0 Å². The first kappa shape index (κ1) is 17.0. The number of rotatable bonds is 6. The molecule has 3 aliphatic heterocycles. The number of hydrogen-bond donors (Lipinski definition) is 1. The van der Waals surface area contributed by atoms with Gasteiger partial charge in [0.25, 0.3) is 0 Å². The summed E-state index contributed by atoms with van der Waals surface area (Å²) in [5.74, 6) is -2.51. The van der Waals surface area contributed by atoms with Crippen LogP contribution in [0.1, 0.15) is 18.9 Å². The zero-order chi connectivity index (χ0) is 18.5. The zero-order valence-electron chi connectivity index (χ0n) is 14.8. The highest BCUT2D eigenvalue weighted by Gasteiger charge is 2.70. The maximum absolute atomic E-state index is 13.2. The minimum Gasteiger partial charge on any atom is -0.481 e. The van der Waals surface area contributed by atoms with Gasteiger partial charge in [0.15, 0.2) is 0 Å². The minimum absolute atomic E-state index is 0.105. The van der Waals surface area contributed by atoms with Crippen molar-refractivity contribution in [2.24, 2.45) is 11.8 Å². The van der Waals surface area contributed by atoms with Crippen molar-refractivity contribution >= 4 is 11.9 Å². The topological polar surface area (TPSA) is 66.8 Å². The highest BCUT2D eigenvalue weighted by atomic mass is 16.5. The number of ether oxygens (including phenoxy) is 1. The SMILES string of the molecule is C=C(C)CC1N(CCc2ccccc2)C(=O)C2C(C(=O)O)C3C=CC21O3. The van der Waals surface area contributed by atoms with Crippen molar-refractivity contribution in [3.63, 3.8) is 0 Å². The second-order valence-electron chi connectivity index (χ2n) is 7.58. The Balaban J connectivity index is 1.65. The maximum atomic E-state index is 13.2. The van der Waals surface area contributed by atoms with Crippen LogP contribution in [-0.4, -0.2) is 46.2 Å². The van der Waals surface area contributed by atoms with Crippen molar-refractivity contribution in [3.8, 4) is 0 Å². The van der Waals surface area contributed by atoms with E-state index in [1.54, 1.807) is 0 Å². The molecule has 1 N–H and O–H groups in total. The maximum Gasteiger partial charge on any atom is 0.310 e. The molecule has 3 heterocycles. The van der Waals surface area contributed by atoms with E-state index in [0.29, 0.717) is 13.0 Å². The number of carbonyl (C=O) groups is 2. The van der Waals surface area contributed by atoms with Gasteiger partial charge in [-0.25, -0.2) is 0 Å². The molecular weight excluding hydrogens is 330 g/mol. The van der Waals surface area contributed by atoms with Crippen LogP contribution in [0, 0.1) is 11.8 Å². The van der Waals surface area contributed by atoms with Crippen molar-refractivity contribution in [2.45, 2.75) is 37.5 Å². The first-order valence-electron chi connectivity index (χ1n) is 9.03. The number of benzene rings is 1. The molecule has 2 bridgehead atoms. The second kappa shape index (κ2) is 6.09. The van der Waals surface area contributed by atoms with Crippen LogP contribution in [0.15, 0.2) is 54.6 Å². The van der Waals surface area contributed by atoms with E-state index in [-0.39, 0.29) is 11.9 Å². The Morgan fingerprint density at radius 1 is 1.35 bits per heavy atom. The van der Waals surface area contributed by atoms with Crippen LogP contribution in [0.5, 0.6) is 0 Å². The Bertz CT molecular complexity index is 786. The molecule has 26 heavy (non-hydrogen) atoms. The molecule has 1 amide bonds. The van der Waals surface area contributed by atoms with Gasteiger partial charge in [0.2, 0.25) is 5.91 Å². The van der Waals surface area contributed by atoms with E-state index in [9.17, 15) is 14.7 Å². The number of carboxylic acid groups (broad SMARTS) is 1. The first-order chi connectivity index (χ1) is 12.4. The van der Waals surface area contributed by atoms with Gasteiger partial charge in [-0.1, -0.05) is 48.1 Å². The molecule has 136 valence electrons. The summed E-state index contributed by atoms with van der Waals surface area (Å²) in [6.07, 6.45) is 4.57. The molecule has 4 rings (SSSR count). The van der Waals surface area contributed by atoms with Gasteiger partial charge in [-0.05, 0) is 25.3 Å². The number of aliphatic carboxylic acids is 1. The summed E-state index contributed by atoms with van der Waals surface area (Å²) in [4.78, 5) is 26.8. The third kappa shape index (κ3) is 2.42. The molecule has 5 nitrogen and oxygen atoms in total. The van der Waals surface area contributed by atoms with E-state index in [2.05, 4.69) is 6.58 Å². The predicted octanol–water partition coefficient (Wildman–Crippen LogP) is 2.43. The largest absolute Gasteiger partial charge is 0.481 e. The van der Waals surface area contributed by atoms with Crippen LogP contribution in [0.2, 0.25) is 0 Å². The molecule has 0 radical (unpaired) electrons. The minimum atomic E-state index is -0.960. The molecule has 0 aromatic heterocycles.